The normalized spacial score (nSPS) is 10.4. The number of carbonyl (C=O) groups is 1. The van der Waals surface area contributed by atoms with Crippen molar-refractivity contribution in [3.63, 3.8) is 0 Å². The van der Waals surface area contributed by atoms with E-state index in [-0.39, 0.29) is 22.4 Å². The van der Waals surface area contributed by atoms with Gasteiger partial charge in [0.2, 0.25) is 0 Å². The summed E-state index contributed by atoms with van der Waals surface area (Å²) >= 11 is 5.91. The number of ketones is 1. The topological polar surface area (TPSA) is 83.1 Å². The van der Waals surface area contributed by atoms with Gasteiger partial charge in [0.1, 0.15) is 17.4 Å². The van der Waals surface area contributed by atoms with Crippen molar-refractivity contribution in [2.24, 2.45) is 0 Å². The highest BCUT2D eigenvalue weighted by atomic mass is 35.5. The highest BCUT2D eigenvalue weighted by molar-refractivity contribution is 6.31. The highest BCUT2D eigenvalue weighted by Crippen LogP contribution is 2.24. The molecule has 2 aromatic carbocycles. The third kappa shape index (κ3) is 4.08. The maximum atomic E-state index is 12.8. The lowest BCUT2D eigenvalue weighted by Crippen LogP contribution is -2.25. The molecule has 1 N–H and O–H groups in total. The average Bonchev–Trinajstić information content (AvgIpc) is 2.69. The number of aromatic nitrogens is 1. The average molecular weight is 379 g/mol. The summed E-state index contributed by atoms with van der Waals surface area (Å²) in [4.78, 5) is 25.2. The fourth-order valence-corrected chi connectivity index (χ4v) is 2.92. The van der Waals surface area contributed by atoms with Crippen molar-refractivity contribution in [2.75, 3.05) is 0 Å². The minimum Gasteiger partial charge on any atom is -0.507 e. The van der Waals surface area contributed by atoms with Gasteiger partial charge in [-0.05, 0) is 36.2 Å². The van der Waals surface area contributed by atoms with Crippen LogP contribution in [-0.2, 0) is 13.0 Å². The van der Waals surface area contributed by atoms with Crippen LogP contribution in [0.3, 0.4) is 0 Å². The van der Waals surface area contributed by atoms with Gasteiger partial charge in [0.25, 0.3) is 5.56 Å². The molecule has 6 heteroatoms. The second-order valence-corrected chi connectivity index (χ2v) is 6.42. The summed E-state index contributed by atoms with van der Waals surface area (Å²) in [6.07, 6.45) is 1.99. The number of carbonyl (C=O) groups excluding carboxylic acids is 1. The molecule has 3 aromatic rings. The molecule has 3 rings (SSSR count). The van der Waals surface area contributed by atoms with Crippen LogP contribution in [0.2, 0.25) is 5.02 Å². The number of aromatic hydroxyl groups is 1. The zero-order chi connectivity index (χ0) is 19.4. The van der Waals surface area contributed by atoms with E-state index in [0.29, 0.717) is 18.0 Å². The van der Waals surface area contributed by atoms with Crippen molar-refractivity contribution in [3.05, 3.63) is 98.4 Å². The van der Waals surface area contributed by atoms with Gasteiger partial charge in [0.05, 0.1) is 5.56 Å². The van der Waals surface area contributed by atoms with Crippen LogP contribution in [0.25, 0.3) is 0 Å². The van der Waals surface area contributed by atoms with E-state index in [1.807, 2.05) is 36.4 Å². The number of phenolic OH excluding ortho intramolecular Hbond substituents is 1. The number of rotatable bonds is 5. The zero-order valence-electron chi connectivity index (χ0n) is 14.2. The number of aryl methyl sites for hydroxylation is 2. The molecule has 0 atom stereocenters. The fraction of sp³-hybridized carbons (Fsp3) is 0.0952. The second kappa shape index (κ2) is 7.90. The van der Waals surface area contributed by atoms with E-state index >= 15 is 0 Å². The Morgan fingerprint density at radius 2 is 1.89 bits per heavy atom. The van der Waals surface area contributed by atoms with Gasteiger partial charge in [-0.2, -0.15) is 5.26 Å². The molecule has 0 unspecified atom stereocenters. The van der Waals surface area contributed by atoms with Gasteiger partial charge in [-0.25, -0.2) is 0 Å². The van der Waals surface area contributed by atoms with Crippen LogP contribution in [-0.4, -0.2) is 15.5 Å². The molecule has 5 nitrogen and oxygen atoms in total. The molecule has 1 aromatic heterocycles. The summed E-state index contributed by atoms with van der Waals surface area (Å²) < 4.78 is 1.35. The molecule has 1 heterocycles. The number of nitrogens with zero attached hydrogens (tertiary/aromatic N) is 2. The first-order valence-corrected chi connectivity index (χ1v) is 8.59. The number of phenols is 1. The second-order valence-electron chi connectivity index (χ2n) is 5.98. The molecule has 0 spiro atoms. The van der Waals surface area contributed by atoms with Gasteiger partial charge in [0, 0.05) is 23.3 Å². The van der Waals surface area contributed by atoms with Gasteiger partial charge in [0.15, 0.2) is 5.78 Å². The third-order valence-corrected chi connectivity index (χ3v) is 4.39. The molecule has 0 bridgehead atoms. The molecule has 0 amide bonds. The monoisotopic (exact) mass is 378 g/mol. The first kappa shape index (κ1) is 18.4. The van der Waals surface area contributed by atoms with Gasteiger partial charge >= 0.3 is 0 Å². The molecule has 0 saturated heterocycles. The van der Waals surface area contributed by atoms with E-state index in [1.54, 1.807) is 0 Å². The Morgan fingerprint density at radius 3 is 2.59 bits per heavy atom. The van der Waals surface area contributed by atoms with Gasteiger partial charge < -0.3 is 9.67 Å². The number of hydrogen-bond acceptors (Lipinski definition) is 4. The first-order chi connectivity index (χ1) is 13.0. The van der Waals surface area contributed by atoms with Crippen LogP contribution >= 0.6 is 11.6 Å². The summed E-state index contributed by atoms with van der Waals surface area (Å²) in [6.45, 7) is 0.320. The molecule has 134 valence electrons. The van der Waals surface area contributed by atoms with Gasteiger partial charge in [-0.3, -0.25) is 9.59 Å². The van der Waals surface area contributed by atoms with Gasteiger partial charge in [-0.1, -0.05) is 41.9 Å². The first-order valence-electron chi connectivity index (χ1n) is 8.21. The Bertz CT molecular complexity index is 1100. The van der Waals surface area contributed by atoms with Crippen LogP contribution in [0.1, 0.15) is 27.0 Å². The summed E-state index contributed by atoms with van der Waals surface area (Å²) in [5.41, 5.74) is 0.597. The van der Waals surface area contributed by atoms with Crippen LogP contribution in [0.15, 0.2) is 65.6 Å². The molecule has 0 radical (unpaired) electrons. The molecule has 0 aliphatic heterocycles. The molecule has 0 aliphatic rings. The summed E-state index contributed by atoms with van der Waals surface area (Å²) in [5.74, 6) is -0.732. The largest absolute Gasteiger partial charge is 0.507 e. The standard InChI is InChI=1S/C21H15ClN2O3/c22-17-6-7-19(25)18(11-17)20(26)16-10-15(12-23)21(27)24(13-16)9-8-14-4-2-1-3-5-14/h1-7,10-11,13,25H,8-9H2. The van der Waals surface area contributed by atoms with Crippen LogP contribution in [0, 0.1) is 11.3 Å². The smallest absolute Gasteiger partial charge is 0.268 e. The van der Waals surface area contributed by atoms with E-state index < -0.39 is 11.3 Å². The molecule has 0 aliphatic carbocycles. The van der Waals surface area contributed by atoms with E-state index in [2.05, 4.69) is 0 Å². The lowest BCUT2D eigenvalue weighted by atomic mass is 10.0. The predicted molar refractivity (Wildman–Crippen MR) is 102 cm³/mol. The van der Waals surface area contributed by atoms with Crippen molar-refractivity contribution in [2.45, 2.75) is 13.0 Å². The predicted octanol–water partition coefficient (Wildman–Crippen LogP) is 3.55. The van der Waals surface area contributed by atoms with Crippen molar-refractivity contribution in [1.82, 2.24) is 4.57 Å². The van der Waals surface area contributed by atoms with Crippen LogP contribution in [0.4, 0.5) is 0 Å². The lowest BCUT2D eigenvalue weighted by molar-refractivity contribution is 0.103. The van der Waals surface area contributed by atoms with E-state index in [0.717, 1.165) is 5.56 Å². The summed E-state index contributed by atoms with van der Waals surface area (Å²) in [6, 6.07) is 16.8. The van der Waals surface area contributed by atoms with Gasteiger partial charge in [-0.15, -0.1) is 0 Å². The fourth-order valence-electron chi connectivity index (χ4n) is 2.75. The summed E-state index contributed by atoms with van der Waals surface area (Å²) in [5, 5.41) is 19.5. The van der Waals surface area contributed by atoms with Crippen molar-refractivity contribution < 1.29 is 9.90 Å². The molecule has 0 fully saturated rings. The van der Waals surface area contributed by atoms with Crippen LogP contribution < -0.4 is 5.56 Å². The van der Waals surface area contributed by atoms with Crippen LogP contribution in [0.5, 0.6) is 5.75 Å². The van der Waals surface area contributed by atoms with Crippen molar-refractivity contribution >= 4 is 17.4 Å². The maximum absolute atomic E-state index is 12.8. The Balaban J connectivity index is 1.99. The molecular weight excluding hydrogens is 364 g/mol. The number of nitriles is 1. The Hall–Kier alpha value is -3.36. The van der Waals surface area contributed by atoms with Crippen molar-refractivity contribution in [3.8, 4) is 11.8 Å². The zero-order valence-corrected chi connectivity index (χ0v) is 15.0. The highest BCUT2D eigenvalue weighted by Gasteiger charge is 2.17. The lowest BCUT2D eigenvalue weighted by Gasteiger charge is -2.10. The van der Waals surface area contributed by atoms with E-state index in [1.165, 1.54) is 35.0 Å². The number of halogens is 1. The quantitative estimate of drug-likeness (QED) is 0.688. The number of pyridine rings is 1. The SMILES string of the molecule is N#Cc1cc(C(=O)c2cc(Cl)ccc2O)cn(CCc2ccccc2)c1=O. The molecule has 27 heavy (non-hydrogen) atoms. The number of benzene rings is 2. The summed E-state index contributed by atoms with van der Waals surface area (Å²) in [7, 11) is 0. The maximum Gasteiger partial charge on any atom is 0.268 e. The minimum absolute atomic E-state index is 0.0136. The Morgan fingerprint density at radius 1 is 1.15 bits per heavy atom. The van der Waals surface area contributed by atoms with Crippen molar-refractivity contribution in [1.29, 1.82) is 5.26 Å². The van der Waals surface area contributed by atoms with E-state index in [4.69, 9.17) is 11.6 Å². The molecular formula is C21H15ClN2O3. The third-order valence-electron chi connectivity index (χ3n) is 4.16. The number of hydrogen-bond donors (Lipinski definition) is 1. The van der Waals surface area contributed by atoms with E-state index in [9.17, 15) is 20.0 Å². The molecule has 0 saturated carbocycles. The Kier molecular flexibility index (Phi) is 5.39. The minimum atomic E-state index is -0.514. The Labute approximate surface area is 160 Å².